The number of hydrogen-bond acceptors (Lipinski definition) is 7. The monoisotopic (exact) mass is 528 g/mol. The van der Waals surface area contributed by atoms with Crippen LogP contribution in [0.5, 0.6) is 17.2 Å². The quantitative estimate of drug-likeness (QED) is 0.375. The van der Waals surface area contributed by atoms with Gasteiger partial charge in [0, 0.05) is 37.0 Å². The lowest BCUT2D eigenvalue weighted by Gasteiger charge is -2.23. The summed E-state index contributed by atoms with van der Waals surface area (Å²) in [5.74, 6) is 0.0818. The van der Waals surface area contributed by atoms with Crippen molar-refractivity contribution >= 4 is 11.6 Å². The van der Waals surface area contributed by atoms with Gasteiger partial charge in [0.1, 0.15) is 34.7 Å². The number of ether oxygens (including phenoxy) is 4. The third-order valence-electron chi connectivity index (χ3n) is 7.21. The highest BCUT2D eigenvalue weighted by atomic mass is 19.3. The number of nitrogens with zero attached hydrogens (tertiary/aromatic N) is 3. The van der Waals surface area contributed by atoms with Crippen molar-refractivity contribution in [1.82, 2.24) is 19.6 Å². The summed E-state index contributed by atoms with van der Waals surface area (Å²) >= 11 is 0. The van der Waals surface area contributed by atoms with Crippen molar-refractivity contribution in [1.29, 1.82) is 0 Å². The number of methoxy groups -OCH3 is 1. The Bertz CT molecular complexity index is 1330. The van der Waals surface area contributed by atoms with Gasteiger partial charge in [-0.05, 0) is 50.3 Å². The molecule has 2 aromatic heterocycles. The number of hydrogen-bond donors (Lipinski definition) is 1. The Balaban J connectivity index is 1.19. The summed E-state index contributed by atoms with van der Waals surface area (Å²) in [6, 6.07) is 6.76. The van der Waals surface area contributed by atoms with Gasteiger partial charge >= 0.3 is 6.61 Å². The van der Waals surface area contributed by atoms with E-state index in [1.54, 1.807) is 12.3 Å². The number of benzene rings is 1. The summed E-state index contributed by atoms with van der Waals surface area (Å²) in [4.78, 5) is 19.6. The Labute approximate surface area is 218 Å². The van der Waals surface area contributed by atoms with Gasteiger partial charge in [0.05, 0.1) is 31.7 Å². The van der Waals surface area contributed by atoms with Crippen molar-refractivity contribution < 1.29 is 32.5 Å². The molecule has 11 heteroatoms. The van der Waals surface area contributed by atoms with E-state index < -0.39 is 12.5 Å². The standard InChI is InChI=1S/C27H30F2N4O5/c1-35-21-11-16(12-22(38-27(28)29)25(21)26(34)31-17-3-4-17)20-14-30-23-13-18(7-9-33(20)23)36-10-2-8-32-15-19-5-6-24(32)37-19/h7,9,11-14,17,19,24,27H,2-6,8,10,15H2,1H3,(H,31,34). The average Bonchev–Trinajstić information content (AvgIpc) is 3.27. The summed E-state index contributed by atoms with van der Waals surface area (Å²) < 4.78 is 50.3. The first-order valence-electron chi connectivity index (χ1n) is 13.0. The summed E-state index contributed by atoms with van der Waals surface area (Å²) in [5.41, 5.74) is 1.72. The van der Waals surface area contributed by atoms with E-state index in [2.05, 4.69) is 15.2 Å². The number of alkyl halides is 2. The smallest absolute Gasteiger partial charge is 0.387 e. The van der Waals surface area contributed by atoms with Crippen LogP contribution in [-0.4, -0.2) is 72.0 Å². The van der Waals surface area contributed by atoms with Crippen molar-refractivity contribution in [3.63, 3.8) is 0 Å². The second-order valence-electron chi connectivity index (χ2n) is 9.90. The van der Waals surface area contributed by atoms with E-state index in [0.717, 1.165) is 45.2 Å². The van der Waals surface area contributed by atoms with E-state index in [9.17, 15) is 13.6 Å². The van der Waals surface area contributed by atoms with E-state index in [4.69, 9.17) is 18.9 Å². The Hall–Kier alpha value is -3.44. The molecule has 9 nitrogen and oxygen atoms in total. The molecule has 1 saturated carbocycles. The molecular weight excluding hydrogens is 498 g/mol. The van der Waals surface area contributed by atoms with Gasteiger partial charge < -0.3 is 24.3 Å². The third-order valence-corrected chi connectivity index (χ3v) is 7.21. The molecule has 6 rings (SSSR count). The van der Waals surface area contributed by atoms with Gasteiger partial charge in [0.2, 0.25) is 0 Å². The van der Waals surface area contributed by atoms with Gasteiger partial charge in [0.25, 0.3) is 5.91 Å². The number of halogens is 2. The minimum absolute atomic E-state index is 0.0470. The molecule has 4 heterocycles. The summed E-state index contributed by atoms with van der Waals surface area (Å²) in [7, 11) is 1.39. The number of pyridine rings is 1. The molecule has 1 N–H and O–H groups in total. The average molecular weight is 529 g/mol. The number of aromatic nitrogens is 2. The summed E-state index contributed by atoms with van der Waals surface area (Å²) in [6.07, 6.45) is 9.00. The topological polar surface area (TPSA) is 86.6 Å². The summed E-state index contributed by atoms with van der Waals surface area (Å²) in [5, 5.41) is 2.81. The maximum atomic E-state index is 13.3. The molecule has 3 aliphatic rings. The van der Waals surface area contributed by atoms with Crippen LogP contribution in [0, 0.1) is 0 Å². The van der Waals surface area contributed by atoms with Crippen molar-refractivity contribution in [2.45, 2.75) is 57.1 Å². The molecule has 3 fully saturated rings. The molecule has 2 atom stereocenters. The lowest BCUT2D eigenvalue weighted by Crippen LogP contribution is -2.34. The fourth-order valence-electron chi connectivity index (χ4n) is 5.22. The molecule has 1 aromatic carbocycles. The van der Waals surface area contributed by atoms with Crippen LogP contribution >= 0.6 is 0 Å². The highest BCUT2D eigenvalue weighted by Crippen LogP contribution is 2.37. The molecule has 2 unspecified atom stereocenters. The SMILES string of the molecule is COc1cc(-c2cnc3cc(OCCCN4CC5CCC4O5)ccn23)cc(OC(F)F)c1C(=O)NC1CC1. The number of nitrogens with one attached hydrogen (secondary N) is 1. The number of likely N-dealkylation sites (tertiary alicyclic amines) is 1. The van der Waals surface area contributed by atoms with Gasteiger partial charge in [-0.3, -0.25) is 14.1 Å². The van der Waals surface area contributed by atoms with Gasteiger partial charge in [0.15, 0.2) is 0 Å². The van der Waals surface area contributed by atoms with Crippen molar-refractivity contribution in [3.8, 4) is 28.5 Å². The molecule has 0 spiro atoms. The maximum absolute atomic E-state index is 13.3. The molecule has 38 heavy (non-hydrogen) atoms. The zero-order valence-corrected chi connectivity index (χ0v) is 21.1. The third kappa shape index (κ3) is 5.12. The van der Waals surface area contributed by atoms with Crippen LogP contribution < -0.4 is 19.5 Å². The Morgan fingerprint density at radius 3 is 2.76 bits per heavy atom. The highest BCUT2D eigenvalue weighted by Gasteiger charge is 2.38. The molecule has 0 radical (unpaired) electrons. The van der Waals surface area contributed by atoms with E-state index in [1.165, 1.54) is 13.2 Å². The van der Waals surface area contributed by atoms with Gasteiger partial charge in [-0.1, -0.05) is 0 Å². The molecular formula is C27H30F2N4O5. The van der Waals surface area contributed by atoms with Crippen LogP contribution in [0.25, 0.3) is 16.9 Å². The zero-order chi connectivity index (χ0) is 26.2. The Kier molecular flexibility index (Phi) is 6.79. The van der Waals surface area contributed by atoms with Crippen LogP contribution in [0.2, 0.25) is 0 Å². The molecule has 2 bridgehead atoms. The van der Waals surface area contributed by atoms with Crippen LogP contribution in [-0.2, 0) is 4.74 Å². The van der Waals surface area contributed by atoms with E-state index in [-0.39, 0.29) is 29.3 Å². The molecule has 2 aliphatic heterocycles. The first-order chi connectivity index (χ1) is 18.5. The Morgan fingerprint density at radius 1 is 1.21 bits per heavy atom. The number of amides is 1. The van der Waals surface area contributed by atoms with E-state index in [1.807, 2.05) is 22.7 Å². The molecule has 2 saturated heterocycles. The van der Waals surface area contributed by atoms with Gasteiger partial charge in [-0.25, -0.2) is 4.98 Å². The second-order valence-corrected chi connectivity index (χ2v) is 9.90. The van der Waals surface area contributed by atoms with E-state index >= 15 is 0 Å². The maximum Gasteiger partial charge on any atom is 0.387 e. The van der Waals surface area contributed by atoms with E-state index in [0.29, 0.717) is 35.4 Å². The molecule has 202 valence electrons. The summed E-state index contributed by atoms with van der Waals surface area (Å²) in [6.45, 7) is -0.573. The zero-order valence-electron chi connectivity index (χ0n) is 21.1. The number of imidazole rings is 1. The van der Waals surface area contributed by atoms with Crippen LogP contribution in [0.1, 0.15) is 42.5 Å². The Morgan fingerprint density at radius 2 is 2.05 bits per heavy atom. The van der Waals surface area contributed by atoms with Crippen molar-refractivity contribution in [3.05, 3.63) is 42.2 Å². The number of carbonyl (C=O) groups is 1. The normalized spacial score (nSPS) is 20.8. The van der Waals surface area contributed by atoms with Gasteiger partial charge in [-0.15, -0.1) is 0 Å². The number of carbonyl (C=O) groups excluding carboxylic acids is 1. The predicted octanol–water partition coefficient (Wildman–Crippen LogP) is 4.09. The molecule has 1 amide bonds. The van der Waals surface area contributed by atoms with Crippen molar-refractivity contribution in [2.75, 3.05) is 26.8 Å². The lowest BCUT2D eigenvalue weighted by molar-refractivity contribution is -0.0502. The first kappa shape index (κ1) is 24.9. The lowest BCUT2D eigenvalue weighted by atomic mass is 10.1. The fourth-order valence-corrected chi connectivity index (χ4v) is 5.22. The minimum atomic E-state index is -3.10. The highest BCUT2D eigenvalue weighted by molar-refractivity contribution is 6.01. The minimum Gasteiger partial charge on any atom is -0.496 e. The second kappa shape index (κ2) is 10.4. The number of fused-ring (bicyclic) bond motifs is 3. The first-order valence-corrected chi connectivity index (χ1v) is 13.0. The fraction of sp³-hybridized carbons (Fsp3) is 0.481. The predicted molar refractivity (Wildman–Crippen MR) is 134 cm³/mol. The molecule has 3 aromatic rings. The van der Waals surface area contributed by atoms with Crippen LogP contribution in [0.4, 0.5) is 8.78 Å². The van der Waals surface area contributed by atoms with Gasteiger partial charge in [-0.2, -0.15) is 8.78 Å². The van der Waals surface area contributed by atoms with Crippen molar-refractivity contribution in [2.24, 2.45) is 0 Å². The van der Waals surface area contributed by atoms with Crippen LogP contribution in [0.15, 0.2) is 36.7 Å². The number of piperidine rings is 1. The van der Waals surface area contributed by atoms with Crippen LogP contribution in [0.3, 0.4) is 0 Å². The molecule has 1 aliphatic carbocycles. The number of rotatable bonds is 11. The largest absolute Gasteiger partial charge is 0.496 e.